The number of rotatable bonds is 5. The molecule has 1 aromatic rings. The Balaban J connectivity index is 2.75. The fraction of sp³-hybridized carbons (Fsp3) is 0.417. The molecule has 0 fully saturated rings. The zero-order valence-corrected chi connectivity index (χ0v) is 9.82. The van der Waals surface area contributed by atoms with Gasteiger partial charge in [-0.05, 0) is 26.0 Å². The lowest BCUT2D eigenvalue weighted by Gasteiger charge is -2.16. The van der Waals surface area contributed by atoms with Gasteiger partial charge in [-0.15, -0.1) is 0 Å². The smallest absolute Gasteiger partial charge is 0.327 e. The van der Waals surface area contributed by atoms with Crippen molar-refractivity contribution in [3.8, 4) is 5.75 Å². The highest BCUT2D eigenvalue weighted by Gasteiger charge is 2.14. The van der Waals surface area contributed by atoms with Crippen LogP contribution in [0.4, 0.5) is 5.69 Å². The Morgan fingerprint density at radius 2 is 2.12 bits per heavy atom. The third-order valence-electron chi connectivity index (χ3n) is 2.11. The van der Waals surface area contributed by atoms with Crippen molar-refractivity contribution in [3.05, 3.63) is 24.3 Å². The molecule has 0 amide bonds. The minimum atomic E-state index is -0.397. The summed E-state index contributed by atoms with van der Waals surface area (Å²) in [5, 5.41) is 3.05. The van der Waals surface area contributed by atoms with Gasteiger partial charge in [0.1, 0.15) is 11.8 Å². The van der Waals surface area contributed by atoms with Crippen molar-refractivity contribution in [2.24, 2.45) is 0 Å². The van der Waals surface area contributed by atoms with Gasteiger partial charge in [0.15, 0.2) is 0 Å². The summed E-state index contributed by atoms with van der Waals surface area (Å²) in [4.78, 5) is 11.3. The summed E-state index contributed by atoms with van der Waals surface area (Å²) < 4.78 is 10.1. The number of carbonyl (C=O) groups is 1. The van der Waals surface area contributed by atoms with E-state index in [-0.39, 0.29) is 5.97 Å². The fourth-order valence-corrected chi connectivity index (χ4v) is 1.34. The van der Waals surface area contributed by atoms with Gasteiger partial charge in [0, 0.05) is 0 Å². The van der Waals surface area contributed by atoms with E-state index in [9.17, 15) is 4.79 Å². The molecule has 0 aliphatic heterocycles. The second kappa shape index (κ2) is 6.00. The van der Waals surface area contributed by atoms with Crippen molar-refractivity contribution in [2.45, 2.75) is 19.9 Å². The number of anilines is 1. The van der Waals surface area contributed by atoms with Gasteiger partial charge in [-0.25, -0.2) is 4.79 Å². The van der Waals surface area contributed by atoms with Crippen LogP contribution in [-0.2, 0) is 9.53 Å². The number of hydrogen-bond acceptors (Lipinski definition) is 4. The summed E-state index contributed by atoms with van der Waals surface area (Å²) in [6.45, 7) is 4.25. The van der Waals surface area contributed by atoms with Gasteiger partial charge in [0.2, 0.25) is 0 Å². The van der Waals surface area contributed by atoms with Gasteiger partial charge >= 0.3 is 5.97 Å². The van der Waals surface area contributed by atoms with Crippen molar-refractivity contribution >= 4 is 11.7 Å². The molecule has 4 heteroatoms. The topological polar surface area (TPSA) is 47.6 Å². The molecule has 0 spiro atoms. The van der Waals surface area contributed by atoms with Crippen LogP contribution in [0, 0.1) is 0 Å². The molecule has 1 atom stereocenters. The number of esters is 1. The summed E-state index contributed by atoms with van der Waals surface area (Å²) in [5.74, 6) is 0.437. The Kier molecular flexibility index (Phi) is 4.64. The standard InChI is InChI=1S/C12H17NO3/c1-4-16-11-8-6-5-7-10(11)13-9(2)12(14)15-3/h5-9,13H,4H2,1-3H3. The lowest BCUT2D eigenvalue weighted by atomic mass is 10.2. The molecular formula is C12H17NO3. The largest absolute Gasteiger partial charge is 0.492 e. The quantitative estimate of drug-likeness (QED) is 0.776. The zero-order valence-electron chi connectivity index (χ0n) is 9.82. The normalized spacial score (nSPS) is 11.7. The Morgan fingerprint density at radius 3 is 2.75 bits per heavy atom. The van der Waals surface area contributed by atoms with Crippen molar-refractivity contribution < 1.29 is 14.3 Å². The van der Waals surface area contributed by atoms with Crippen LogP contribution < -0.4 is 10.1 Å². The van der Waals surface area contributed by atoms with Crippen LogP contribution in [0.15, 0.2) is 24.3 Å². The number of ether oxygens (including phenoxy) is 2. The Hall–Kier alpha value is -1.71. The molecule has 4 nitrogen and oxygen atoms in total. The summed E-state index contributed by atoms with van der Waals surface area (Å²) in [7, 11) is 1.37. The van der Waals surface area contributed by atoms with Gasteiger partial charge in [-0.1, -0.05) is 12.1 Å². The molecule has 0 saturated carbocycles. The molecule has 0 aliphatic carbocycles. The van der Waals surface area contributed by atoms with Gasteiger partial charge < -0.3 is 14.8 Å². The van der Waals surface area contributed by atoms with E-state index in [0.717, 1.165) is 11.4 Å². The van der Waals surface area contributed by atoms with Crippen LogP contribution in [-0.4, -0.2) is 25.7 Å². The van der Waals surface area contributed by atoms with Crippen molar-refractivity contribution in [1.29, 1.82) is 0 Å². The highest BCUT2D eigenvalue weighted by molar-refractivity contribution is 5.79. The van der Waals surface area contributed by atoms with E-state index in [1.54, 1.807) is 6.92 Å². The van der Waals surface area contributed by atoms with E-state index in [1.807, 2.05) is 31.2 Å². The third kappa shape index (κ3) is 3.15. The van der Waals surface area contributed by atoms with Crippen LogP contribution in [0.3, 0.4) is 0 Å². The maximum absolute atomic E-state index is 11.3. The highest BCUT2D eigenvalue weighted by Crippen LogP contribution is 2.24. The average Bonchev–Trinajstić information content (AvgIpc) is 2.31. The van der Waals surface area contributed by atoms with Crippen LogP contribution in [0.2, 0.25) is 0 Å². The van der Waals surface area contributed by atoms with E-state index in [4.69, 9.17) is 4.74 Å². The van der Waals surface area contributed by atoms with E-state index in [0.29, 0.717) is 6.61 Å². The first-order chi connectivity index (χ1) is 7.69. The zero-order chi connectivity index (χ0) is 12.0. The Labute approximate surface area is 95.6 Å². The Bertz CT molecular complexity index is 352. The van der Waals surface area contributed by atoms with Crippen LogP contribution >= 0.6 is 0 Å². The van der Waals surface area contributed by atoms with Crippen molar-refractivity contribution in [3.63, 3.8) is 0 Å². The minimum absolute atomic E-state index is 0.300. The minimum Gasteiger partial charge on any atom is -0.492 e. The Morgan fingerprint density at radius 1 is 1.44 bits per heavy atom. The molecule has 1 aromatic carbocycles. The molecule has 16 heavy (non-hydrogen) atoms. The lowest BCUT2D eigenvalue weighted by Crippen LogP contribution is -2.27. The number of methoxy groups -OCH3 is 1. The number of carbonyl (C=O) groups excluding carboxylic acids is 1. The molecule has 0 aromatic heterocycles. The second-order valence-electron chi connectivity index (χ2n) is 3.32. The molecule has 1 rings (SSSR count). The monoisotopic (exact) mass is 223 g/mol. The van der Waals surface area contributed by atoms with Crippen LogP contribution in [0.5, 0.6) is 5.75 Å². The lowest BCUT2D eigenvalue weighted by molar-refractivity contribution is -0.141. The number of hydrogen-bond donors (Lipinski definition) is 1. The molecular weight excluding hydrogens is 206 g/mol. The summed E-state index contributed by atoms with van der Waals surface area (Å²) in [5.41, 5.74) is 0.794. The third-order valence-corrected chi connectivity index (χ3v) is 2.11. The van der Waals surface area contributed by atoms with Gasteiger partial charge in [-0.2, -0.15) is 0 Å². The molecule has 0 radical (unpaired) electrons. The molecule has 88 valence electrons. The first-order valence-electron chi connectivity index (χ1n) is 5.25. The van der Waals surface area contributed by atoms with Gasteiger partial charge in [0.25, 0.3) is 0 Å². The van der Waals surface area contributed by atoms with Gasteiger partial charge in [-0.3, -0.25) is 0 Å². The molecule has 0 heterocycles. The van der Waals surface area contributed by atoms with E-state index in [1.165, 1.54) is 7.11 Å². The van der Waals surface area contributed by atoms with Crippen molar-refractivity contribution in [1.82, 2.24) is 0 Å². The fourth-order valence-electron chi connectivity index (χ4n) is 1.34. The average molecular weight is 223 g/mol. The predicted molar refractivity (Wildman–Crippen MR) is 62.7 cm³/mol. The van der Waals surface area contributed by atoms with E-state index in [2.05, 4.69) is 10.1 Å². The molecule has 0 saturated heterocycles. The number of para-hydroxylation sites is 2. The van der Waals surface area contributed by atoms with Crippen molar-refractivity contribution in [2.75, 3.05) is 19.0 Å². The molecule has 0 bridgehead atoms. The maximum Gasteiger partial charge on any atom is 0.327 e. The predicted octanol–water partition coefficient (Wildman–Crippen LogP) is 2.06. The summed E-state index contributed by atoms with van der Waals surface area (Å²) >= 11 is 0. The van der Waals surface area contributed by atoms with E-state index >= 15 is 0 Å². The number of nitrogens with one attached hydrogen (secondary N) is 1. The van der Waals surface area contributed by atoms with Gasteiger partial charge in [0.05, 0.1) is 19.4 Å². The second-order valence-corrected chi connectivity index (χ2v) is 3.32. The highest BCUT2D eigenvalue weighted by atomic mass is 16.5. The molecule has 1 unspecified atom stereocenters. The first kappa shape index (κ1) is 12.4. The molecule has 1 N–H and O–H groups in total. The number of benzene rings is 1. The van der Waals surface area contributed by atoms with Crippen LogP contribution in [0.25, 0.3) is 0 Å². The summed E-state index contributed by atoms with van der Waals surface area (Å²) in [6.07, 6.45) is 0. The SMILES string of the molecule is CCOc1ccccc1NC(C)C(=O)OC. The maximum atomic E-state index is 11.3. The van der Waals surface area contributed by atoms with E-state index < -0.39 is 6.04 Å². The summed E-state index contributed by atoms with van der Waals surface area (Å²) in [6, 6.07) is 7.10. The first-order valence-corrected chi connectivity index (χ1v) is 5.25. The van der Waals surface area contributed by atoms with Crippen LogP contribution in [0.1, 0.15) is 13.8 Å². The molecule has 0 aliphatic rings.